The van der Waals surface area contributed by atoms with E-state index >= 15 is 0 Å². The molecule has 2 unspecified atom stereocenters. The zero-order valence-corrected chi connectivity index (χ0v) is 12.2. The molecule has 1 aromatic heterocycles. The minimum Gasteiger partial charge on any atom is -0.382 e. The molecule has 1 rings (SSSR count). The van der Waals surface area contributed by atoms with Crippen molar-refractivity contribution in [3.05, 3.63) is 17.0 Å². The van der Waals surface area contributed by atoms with Crippen LogP contribution >= 0.6 is 11.6 Å². The number of nitrogens with zero attached hydrogens (tertiary/aromatic N) is 2. The number of alkyl halides is 1. The van der Waals surface area contributed by atoms with Gasteiger partial charge >= 0.3 is 0 Å². The largest absolute Gasteiger partial charge is 0.382 e. The van der Waals surface area contributed by atoms with Crippen molar-refractivity contribution < 1.29 is 4.74 Å². The zero-order valence-electron chi connectivity index (χ0n) is 11.5. The van der Waals surface area contributed by atoms with Crippen LogP contribution in [0.4, 0.5) is 0 Å². The molecule has 3 nitrogen and oxygen atoms in total. The van der Waals surface area contributed by atoms with E-state index in [-0.39, 0.29) is 11.4 Å². The van der Waals surface area contributed by atoms with E-state index in [2.05, 4.69) is 25.5 Å². The SMILES string of the molecule is CCc1nn(C(C)COC)c(CC)c1C(C)Cl. The highest BCUT2D eigenvalue weighted by Gasteiger charge is 2.21. The van der Waals surface area contributed by atoms with E-state index in [0.29, 0.717) is 6.61 Å². The first-order valence-corrected chi connectivity index (χ1v) is 6.73. The molecule has 0 saturated carbocycles. The first-order chi connectivity index (χ1) is 8.06. The fourth-order valence-electron chi connectivity index (χ4n) is 2.28. The molecule has 0 aliphatic heterocycles. The topological polar surface area (TPSA) is 27.1 Å². The summed E-state index contributed by atoms with van der Waals surface area (Å²) in [5, 5.41) is 4.71. The molecule has 17 heavy (non-hydrogen) atoms. The van der Waals surface area contributed by atoms with E-state index in [1.54, 1.807) is 7.11 Å². The summed E-state index contributed by atoms with van der Waals surface area (Å²) in [6, 6.07) is 0.254. The molecule has 1 aromatic rings. The molecule has 4 heteroatoms. The Morgan fingerprint density at radius 3 is 2.35 bits per heavy atom. The second kappa shape index (κ2) is 6.41. The predicted molar refractivity (Wildman–Crippen MR) is 71.8 cm³/mol. The molecule has 0 aromatic carbocycles. The van der Waals surface area contributed by atoms with E-state index in [0.717, 1.165) is 18.5 Å². The summed E-state index contributed by atoms with van der Waals surface area (Å²) in [6.45, 7) is 9.08. The molecular weight excluding hydrogens is 236 g/mol. The molecule has 0 saturated heterocycles. The quantitative estimate of drug-likeness (QED) is 0.730. The van der Waals surface area contributed by atoms with Crippen LogP contribution in [-0.4, -0.2) is 23.5 Å². The van der Waals surface area contributed by atoms with E-state index < -0.39 is 0 Å². The van der Waals surface area contributed by atoms with Crippen LogP contribution < -0.4 is 0 Å². The normalized spacial score (nSPS) is 14.9. The van der Waals surface area contributed by atoms with Gasteiger partial charge in [0.2, 0.25) is 0 Å². The highest BCUT2D eigenvalue weighted by molar-refractivity contribution is 6.20. The second-order valence-corrected chi connectivity index (χ2v) is 5.03. The fourth-order valence-corrected chi connectivity index (χ4v) is 2.54. The van der Waals surface area contributed by atoms with E-state index in [9.17, 15) is 0 Å². The second-order valence-electron chi connectivity index (χ2n) is 4.38. The van der Waals surface area contributed by atoms with Crippen molar-refractivity contribution in [1.29, 1.82) is 0 Å². The molecule has 0 bridgehead atoms. The fraction of sp³-hybridized carbons (Fsp3) is 0.769. The molecule has 0 fully saturated rings. The van der Waals surface area contributed by atoms with Gasteiger partial charge in [0.15, 0.2) is 0 Å². The van der Waals surface area contributed by atoms with Crippen molar-refractivity contribution in [3.8, 4) is 0 Å². The lowest BCUT2D eigenvalue weighted by Gasteiger charge is -2.15. The van der Waals surface area contributed by atoms with Gasteiger partial charge in [0.25, 0.3) is 0 Å². The van der Waals surface area contributed by atoms with Crippen LogP contribution in [-0.2, 0) is 17.6 Å². The molecule has 0 radical (unpaired) electrons. The van der Waals surface area contributed by atoms with Crippen LogP contribution in [0.2, 0.25) is 0 Å². The van der Waals surface area contributed by atoms with Crippen LogP contribution in [0.5, 0.6) is 0 Å². The Kier molecular flexibility index (Phi) is 5.47. The Hall–Kier alpha value is -0.540. The molecule has 0 spiro atoms. The summed E-state index contributed by atoms with van der Waals surface area (Å²) in [6.07, 6.45) is 1.87. The number of hydrogen-bond acceptors (Lipinski definition) is 2. The highest BCUT2D eigenvalue weighted by atomic mass is 35.5. The van der Waals surface area contributed by atoms with Crippen LogP contribution in [0.15, 0.2) is 0 Å². The Labute approximate surface area is 109 Å². The first kappa shape index (κ1) is 14.5. The molecule has 0 aliphatic rings. The van der Waals surface area contributed by atoms with Gasteiger partial charge in [0.05, 0.1) is 23.7 Å². The number of ether oxygens (including phenoxy) is 1. The predicted octanol–water partition coefficient (Wildman–Crippen LogP) is 3.52. The Morgan fingerprint density at radius 1 is 1.29 bits per heavy atom. The third kappa shape index (κ3) is 3.02. The van der Waals surface area contributed by atoms with Crippen LogP contribution in [0, 0.1) is 0 Å². The molecular formula is C13H23ClN2O. The monoisotopic (exact) mass is 258 g/mol. The Morgan fingerprint density at radius 2 is 1.94 bits per heavy atom. The number of aryl methyl sites for hydroxylation is 1. The van der Waals surface area contributed by atoms with E-state index in [1.807, 2.05) is 6.92 Å². The Balaban J connectivity index is 3.22. The number of rotatable bonds is 6. The van der Waals surface area contributed by atoms with Gasteiger partial charge in [-0.1, -0.05) is 13.8 Å². The number of hydrogen-bond donors (Lipinski definition) is 0. The lowest BCUT2D eigenvalue weighted by atomic mass is 10.1. The van der Waals surface area contributed by atoms with Crippen molar-refractivity contribution in [2.45, 2.75) is 52.0 Å². The molecule has 98 valence electrons. The summed E-state index contributed by atoms with van der Waals surface area (Å²) in [4.78, 5) is 0. The highest BCUT2D eigenvalue weighted by Crippen LogP contribution is 2.29. The zero-order chi connectivity index (χ0) is 13.0. The van der Waals surface area contributed by atoms with Crippen LogP contribution in [0.1, 0.15) is 56.1 Å². The number of halogens is 1. The smallest absolute Gasteiger partial charge is 0.0727 e. The third-order valence-electron chi connectivity index (χ3n) is 3.02. The van der Waals surface area contributed by atoms with Crippen LogP contribution in [0.3, 0.4) is 0 Å². The van der Waals surface area contributed by atoms with Gasteiger partial charge in [-0.05, 0) is 26.7 Å². The van der Waals surface area contributed by atoms with Crippen molar-refractivity contribution in [2.24, 2.45) is 0 Å². The van der Waals surface area contributed by atoms with Gasteiger partial charge in [-0.15, -0.1) is 11.6 Å². The van der Waals surface area contributed by atoms with Crippen LogP contribution in [0.25, 0.3) is 0 Å². The molecule has 0 N–H and O–H groups in total. The van der Waals surface area contributed by atoms with Crippen molar-refractivity contribution in [1.82, 2.24) is 9.78 Å². The maximum Gasteiger partial charge on any atom is 0.0727 e. The van der Waals surface area contributed by atoms with Gasteiger partial charge in [-0.2, -0.15) is 5.10 Å². The molecule has 1 heterocycles. The summed E-state index contributed by atoms with van der Waals surface area (Å²) in [5.74, 6) is 0. The summed E-state index contributed by atoms with van der Waals surface area (Å²) in [7, 11) is 1.72. The van der Waals surface area contributed by atoms with Crippen molar-refractivity contribution in [3.63, 3.8) is 0 Å². The van der Waals surface area contributed by atoms with Crippen molar-refractivity contribution >= 4 is 11.6 Å². The standard InChI is InChI=1S/C13H23ClN2O/c1-6-11-13(10(4)14)12(7-2)16(15-11)9(3)8-17-5/h9-10H,6-8H2,1-5H3. The van der Waals surface area contributed by atoms with Gasteiger partial charge in [-0.25, -0.2) is 0 Å². The number of methoxy groups -OCH3 is 1. The average Bonchev–Trinajstić information content (AvgIpc) is 2.67. The molecule has 0 amide bonds. The average molecular weight is 259 g/mol. The van der Waals surface area contributed by atoms with Gasteiger partial charge in [0.1, 0.15) is 0 Å². The first-order valence-electron chi connectivity index (χ1n) is 6.29. The van der Waals surface area contributed by atoms with E-state index in [4.69, 9.17) is 21.4 Å². The summed E-state index contributed by atoms with van der Waals surface area (Å²) < 4.78 is 7.29. The van der Waals surface area contributed by atoms with Gasteiger partial charge in [-0.3, -0.25) is 4.68 Å². The lowest BCUT2D eigenvalue weighted by Crippen LogP contribution is -2.15. The maximum absolute atomic E-state index is 6.28. The minimum absolute atomic E-state index is 0.0170. The number of aromatic nitrogens is 2. The maximum atomic E-state index is 6.28. The van der Waals surface area contributed by atoms with E-state index in [1.165, 1.54) is 11.3 Å². The molecule has 2 atom stereocenters. The van der Waals surface area contributed by atoms with Crippen molar-refractivity contribution in [2.75, 3.05) is 13.7 Å². The van der Waals surface area contributed by atoms with Gasteiger partial charge in [0, 0.05) is 18.4 Å². The van der Waals surface area contributed by atoms with Gasteiger partial charge < -0.3 is 4.74 Å². The lowest BCUT2D eigenvalue weighted by molar-refractivity contribution is 0.155. The summed E-state index contributed by atoms with van der Waals surface area (Å²) >= 11 is 6.28. The Bertz CT molecular complexity index is 361. The minimum atomic E-state index is 0.0170. The molecule has 0 aliphatic carbocycles. The third-order valence-corrected chi connectivity index (χ3v) is 3.24. The summed E-state index contributed by atoms with van der Waals surface area (Å²) in [5.41, 5.74) is 3.57.